The van der Waals surface area contributed by atoms with Gasteiger partial charge >= 0.3 is 0 Å². The molecule has 0 fully saturated rings. The monoisotopic (exact) mass is 137 g/mol. The maximum Gasteiger partial charge on any atom is 0.0590 e. The van der Waals surface area contributed by atoms with Gasteiger partial charge in [0.25, 0.3) is 0 Å². The number of rotatable bonds is 3. The van der Waals surface area contributed by atoms with Crippen LogP contribution in [0.2, 0.25) is 0 Å². The van der Waals surface area contributed by atoms with Crippen molar-refractivity contribution < 1.29 is 0 Å². The van der Waals surface area contributed by atoms with Crippen LogP contribution in [0.4, 0.5) is 0 Å². The van der Waals surface area contributed by atoms with E-state index >= 15 is 0 Å². The lowest BCUT2D eigenvalue weighted by atomic mass is 10.5. The van der Waals surface area contributed by atoms with Gasteiger partial charge in [-0.3, -0.25) is 4.68 Å². The standard InChI is InChI=1S/C7H11N3/c8-4-1-2-6-10-7-3-5-9-10/h1-3,5,7H,4,6,8H2. The quantitative estimate of drug-likeness (QED) is 0.613. The van der Waals surface area contributed by atoms with Gasteiger partial charge in [0.05, 0.1) is 6.54 Å². The van der Waals surface area contributed by atoms with E-state index in [-0.39, 0.29) is 0 Å². The Morgan fingerprint density at radius 1 is 1.50 bits per heavy atom. The molecule has 1 aromatic rings. The second-order valence-corrected chi connectivity index (χ2v) is 1.94. The summed E-state index contributed by atoms with van der Waals surface area (Å²) in [5.41, 5.74) is 5.25. The first-order valence-electron chi connectivity index (χ1n) is 3.26. The van der Waals surface area contributed by atoms with Crippen LogP contribution < -0.4 is 5.73 Å². The first kappa shape index (κ1) is 7.02. The molecule has 0 aromatic carbocycles. The molecular weight excluding hydrogens is 126 g/mol. The lowest BCUT2D eigenvalue weighted by molar-refractivity contribution is 0.701. The summed E-state index contributed by atoms with van der Waals surface area (Å²) >= 11 is 0. The van der Waals surface area contributed by atoms with Gasteiger partial charge in [-0.15, -0.1) is 0 Å². The Morgan fingerprint density at radius 2 is 2.40 bits per heavy atom. The zero-order valence-electron chi connectivity index (χ0n) is 5.77. The van der Waals surface area contributed by atoms with E-state index in [9.17, 15) is 0 Å². The minimum absolute atomic E-state index is 0.598. The molecule has 0 aliphatic carbocycles. The van der Waals surface area contributed by atoms with E-state index in [4.69, 9.17) is 5.73 Å². The molecule has 0 radical (unpaired) electrons. The maximum absolute atomic E-state index is 5.25. The number of nitrogens with two attached hydrogens (primary N) is 1. The Hall–Kier alpha value is -1.09. The fourth-order valence-corrected chi connectivity index (χ4v) is 0.687. The Labute approximate surface area is 60.1 Å². The number of allylic oxidation sites excluding steroid dienone is 1. The third kappa shape index (κ3) is 2.03. The molecule has 0 saturated heterocycles. The molecule has 0 spiro atoms. The molecule has 54 valence electrons. The summed E-state index contributed by atoms with van der Waals surface area (Å²) in [5, 5.41) is 4.01. The van der Waals surface area contributed by atoms with Crippen LogP contribution in [0.15, 0.2) is 30.6 Å². The second-order valence-electron chi connectivity index (χ2n) is 1.94. The molecule has 0 saturated carbocycles. The van der Waals surface area contributed by atoms with Gasteiger partial charge in [-0.25, -0.2) is 0 Å². The van der Waals surface area contributed by atoms with Gasteiger partial charge in [0.2, 0.25) is 0 Å². The number of hydrogen-bond donors (Lipinski definition) is 1. The lowest BCUT2D eigenvalue weighted by Crippen LogP contribution is -1.97. The molecule has 10 heavy (non-hydrogen) atoms. The van der Waals surface area contributed by atoms with Crippen LogP contribution >= 0.6 is 0 Å². The van der Waals surface area contributed by atoms with E-state index in [2.05, 4.69) is 5.10 Å². The molecule has 0 unspecified atom stereocenters. The Kier molecular flexibility index (Phi) is 2.70. The maximum atomic E-state index is 5.25. The van der Waals surface area contributed by atoms with Crippen LogP contribution in [0.3, 0.4) is 0 Å². The van der Waals surface area contributed by atoms with Crippen LogP contribution in [-0.2, 0) is 6.54 Å². The van der Waals surface area contributed by atoms with Crippen LogP contribution in [0.1, 0.15) is 0 Å². The molecule has 2 N–H and O–H groups in total. The van der Waals surface area contributed by atoms with Gasteiger partial charge in [-0.2, -0.15) is 5.10 Å². The molecule has 1 heterocycles. The minimum atomic E-state index is 0.598. The van der Waals surface area contributed by atoms with Crippen LogP contribution in [0.25, 0.3) is 0 Å². The highest BCUT2D eigenvalue weighted by Gasteiger charge is 1.81. The summed E-state index contributed by atoms with van der Waals surface area (Å²) < 4.78 is 1.84. The third-order valence-corrected chi connectivity index (χ3v) is 1.15. The first-order valence-corrected chi connectivity index (χ1v) is 3.26. The van der Waals surface area contributed by atoms with Gasteiger partial charge in [0.15, 0.2) is 0 Å². The van der Waals surface area contributed by atoms with Crippen molar-refractivity contribution >= 4 is 0 Å². The van der Waals surface area contributed by atoms with E-state index in [1.165, 1.54) is 0 Å². The van der Waals surface area contributed by atoms with E-state index in [0.717, 1.165) is 6.54 Å². The minimum Gasteiger partial charge on any atom is -0.327 e. The Bertz CT molecular complexity index is 189. The molecule has 0 atom stereocenters. The summed E-state index contributed by atoms with van der Waals surface area (Å²) in [4.78, 5) is 0. The average Bonchev–Trinajstić information content (AvgIpc) is 2.41. The topological polar surface area (TPSA) is 43.8 Å². The van der Waals surface area contributed by atoms with Crippen molar-refractivity contribution in [3.8, 4) is 0 Å². The molecule has 3 heteroatoms. The highest BCUT2D eigenvalue weighted by molar-refractivity contribution is 4.85. The van der Waals surface area contributed by atoms with E-state index < -0.39 is 0 Å². The Morgan fingerprint density at radius 3 is 3.00 bits per heavy atom. The predicted octanol–water partition coefficient (Wildman–Crippen LogP) is 0.398. The zero-order valence-corrected chi connectivity index (χ0v) is 5.77. The van der Waals surface area contributed by atoms with Crippen molar-refractivity contribution in [3.05, 3.63) is 30.6 Å². The van der Waals surface area contributed by atoms with Crippen molar-refractivity contribution in [2.45, 2.75) is 6.54 Å². The normalized spacial score (nSPS) is 10.9. The van der Waals surface area contributed by atoms with Crippen LogP contribution in [0.5, 0.6) is 0 Å². The van der Waals surface area contributed by atoms with Gasteiger partial charge in [-0.1, -0.05) is 12.2 Å². The largest absolute Gasteiger partial charge is 0.327 e. The van der Waals surface area contributed by atoms with E-state index in [1.54, 1.807) is 6.20 Å². The van der Waals surface area contributed by atoms with Crippen molar-refractivity contribution in [2.75, 3.05) is 6.54 Å². The highest BCUT2D eigenvalue weighted by atomic mass is 15.3. The third-order valence-electron chi connectivity index (χ3n) is 1.15. The number of hydrogen-bond acceptors (Lipinski definition) is 2. The van der Waals surface area contributed by atoms with Crippen LogP contribution in [0, 0.1) is 0 Å². The molecule has 3 nitrogen and oxygen atoms in total. The molecule has 0 amide bonds. The Balaban J connectivity index is 2.34. The van der Waals surface area contributed by atoms with Gasteiger partial charge in [0, 0.05) is 18.9 Å². The van der Waals surface area contributed by atoms with Crippen LogP contribution in [-0.4, -0.2) is 16.3 Å². The summed E-state index contributed by atoms with van der Waals surface area (Å²) in [6.07, 6.45) is 7.59. The van der Waals surface area contributed by atoms with Gasteiger partial charge in [0.1, 0.15) is 0 Å². The van der Waals surface area contributed by atoms with Crippen molar-refractivity contribution in [1.29, 1.82) is 0 Å². The summed E-state index contributed by atoms with van der Waals surface area (Å²) in [6, 6.07) is 1.90. The SMILES string of the molecule is NCC=CCn1cccn1. The summed E-state index contributed by atoms with van der Waals surface area (Å²) in [7, 11) is 0. The zero-order chi connectivity index (χ0) is 7.23. The average molecular weight is 137 g/mol. The molecule has 0 aliphatic rings. The van der Waals surface area contributed by atoms with Gasteiger partial charge < -0.3 is 5.73 Å². The first-order chi connectivity index (χ1) is 4.93. The van der Waals surface area contributed by atoms with E-state index in [0.29, 0.717) is 6.54 Å². The number of aromatic nitrogens is 2. The van der Waals surface area contributed by atoms with Crippen molar-refractivity contribution in [3.63, 3.8) is 0 Å². The molecule has 0 bridgehead atoms. The predicted molar refractivity (Wildman–Crippen MR) is 40.4 cm³/mol. The second kappa shape index (κ2) is 3.85. The van der Waals surface area contributed by atoms with Crippen molar-refractivity contribution in [2.24, 2.45) is 5.73 Å². The smallest absolute Gasteiger partial charge is 0.0590 e. The number of nitrogens with zero attached hydrogens (tertiary/aromatic N) is 2. The summed E-state index contributed by atoms with van der Waals surface area (Å²) in [6.45, 7) is 1.41. The molecular formula is C7H11N3. The fraction of sp³-hybridized carbons (Fsp3) is 0.286. The summed E-state index contributed by atoms with van der Waals surface area (Å²) in [5.74, 6) is 0. The highest BCUT2D eigenvalue weighted by Crippen LogP contribution is 1.84. The van der Waals surface area contributed by atoms with E-state index in [1.807, 2.05) is 29.1 Å². The molecule has 1 aromatic heterocycles. The van der Waals surface area contributed by atoms with Crippen molar-refractivity contribution in [1.82, 2.24) is 9.78 Å². The fourth-order valence-electron chi connectivity index (χ4n) is 0.687. The molecule has 0 aliphatic heterocycles. The van der Waals surface area contributed by atoms with Gasteiger partial charge in [-0.05, 0) is 6.07 Å². The lowest BCUT2D eigenvalue weighted by Gasteiger charge is -1.91. The molecule has 1 rings (SSSR count).